The quantitative estimate of drug-likeness (QED) is 0.816. The van der Waals surface area contributed by atoms with Crippen LogP contribution in [0.5, 0.6) is 5.88 Å². The van der Waals surface area contributed by atoms with Gasteiger partial charge in [-0.2, -0.15) is 5.10 Å². The summed E-state index contributed by atoms with van der Waals surface area (Å²) in [4.78, 5) is 11.2. The van der Waals surface area contributed by atoms with Crippen LogP contribution in [0.25, 0.3) is 11.1 Å². The maximum atomic E-state index is 12.9. The Hall–Kier alpha value is -2.37. The molecule has 0 amide bonds. The number of aryl methyl sites for hydroxylation is 2. The van der Waals surface area contributed by atoms with E-state index in [-0.39, 0.29) is 22.1 Å². The van der Waals surface area contributed by atoms with E-state index in [1.54, 1.807) is 25.1 Å². The lowest BCUT2D eigenvalue weighted by molar-refractivity contribution is 0.406. The molecular weight excluding hydrogens is 352 g/mol. The first-order valence-electron chi connectivity index (χ1n) is 8.45. The van der Waals surface area contributed by atoms with Gasteiger partial charge in [-0.1, -0.05) is 13.8 Å². The average molecular weight is 374 g/mol. The summed E-state index contributed by atoms with van der Waals surface area (Å²) in [5, 5.41) is 14.6. The molecule has 26 heavy (non-hydrogen) atoms. The predicted molar refractivity (Wildman–Crippen MR) is 98.5 cm³/mol. The standard InChI is InChI=1S/C19H22N2O4S/c1-6-21-18(23)15(9-20-21)14-7-11(2)17-16(12(14)3)19(4,5)8-13(10-22)26(17,24)25/h7,9,23H,6,8H2,1-5H3. The highest BCUT2D eigenvalue weighted by molar-refractivity contribution is 7.95. The summed E-state index contributed by atoms with van der Waals surface area (Å²) >= 11 is 0. The van der Waals surface area contributed by atoms with E-state index in [2.05, 4.69) is 5.10 Å². The molecule has 1 aromatic heterocycles. The van der Waals surface area contributed by atoms with E-state index in [1.807, 2.05) is 27.7 Å². The highest BCUT2D eigenvalue weighted by atomic mass is 32.2. The first kappa shape index (κ1) is 18.4. The first-order valence-corrected chi connectivity index (χ1v) is 9.93. The van der Waals surface area contributed by atoms with Gasteiger partial charge in [-0.25, -0.2) is 17.9 Å². The molecule has 2 aromatic rings. The van der Waals surface area contributed by atoms with Crippen LogP contribution in [0.2, 0.25) is 0 Å². The number of carbonyl (C=O) groups excluding carboxylic acids is 1. The fourth-order valence-electron chi connectivity index (χ4n) is 3.93. The van der Waals surface area contributed by atoms with Crippen LogP contribution in [-0.4, -0.2) is 29.2 Å². The summed E-state index contributed by atoms with van der Waals surface area (Å²) in [6.45, 7) is 9.81. The zero-order valence-corrected chi connectivity index (χ0v) is 16.4. The Morgan fingerprint density at radius 2 is 1.96 bits per heavy atom. The molecule has 3 rings (SSSR count). The minimum atomic E-state index is -3.86. The summed E-state index contributed by atoms with van der Waals surface area (Å²) in [5.74, 6) is 1.68. The Kier molecular flexibility index (Phi) is 4.13. The van der Waals surface area contributed by atoms with Gasteiger partial charge in [0, 0.05) is 13.0 Å². The van der Waals surface area contributed by atoms with Crippen molar-refractivity contribution in [1.82, 2.24) is 9.78 Å². The van der Waals surface area contributed by atoms with Gasteiger partial charge in [0.05, 0.1) is 16.7 Å². The molecule has 0 unspecified atom stereocenters. The van der Waals surface area contributed by atoms with Crippen molar-refractivity contribution >= 4 is 15.8 Å². The molecule has 1 N–H and O–H groups in total. The van der Waals surface area contributed by atoms with Crippen LogP contribution in [0.3, 0.4) is 0 Å². The van der Waals surface area contributed by atoms with Crippen molar-refractivity contribution < 1.29 is 18.3 Å². The van der Waals surface area contributed by atoms with Crippen LogP contribution in [0.1, 0.15) is 43.9 Å². The first-order chi connectivity index (χ1) is 12.1. The highest BCUT2D eigenvalue weighted by Gasteiger charge is 2.43. The van der Waals surface area contributed by atoms with Gasteiger partial charge in [-0.3, -0.25) is 0 Å². The molecule has 0 fully saturated rings. The smallest absolute Gasteiger partial charge is 0.217 e. The number of rotatable bonds is 2. The molecular formula is C19H22N2O4S. The number of nitrogens with zero attached hydrogens (tertiary/aromatic N) is 2. The van der Waals surface area contributed by atoms with E-state index in [4.69, 9.17) is 0 Å². The second kappa shape index (κ2) is 5.83. The second-order valence-electron chi connectivity index (χ2n) is 7.36. The van der Waals surface area contributed by atoms with Gasteiger partial charge in [-0.15, -0.1) is 0 Å². The fourth-order valence-corrected chi connectivity index (χ4v) is 6.02. The minimum absolute atomic E-state index is 0.0555. The minimum Gasteiger partial charge on any atom is -0.493 e. The molecule has 0 bridgehead atoms. The van der Waals surface area contributed by atoms with Gasteiger partial charge in [0.25, 0.3) is 0 Å². The van der Waals surface area contributed by atoms with Crippen LogP contribution < -0.4 is 0 Å². The van der Waals surface area contributed by atoms with Crippen LogP contribution in [0.15, 0.2) is 22.1 Å². The van der Waals surface area contributed by atoms with Crippen LogP contribution in [0, 0.1) is 13.8 Å². The summed E-state index contributed by atoms with van der Waals surface area (Å²) in [6, 6.07) is 1.74. The number of allylic oxidation sites excluding steroid dienone is 1. The molecule has 0 saturated heterocycles. The Morgan fingerprint density at radius 3 is 2.50 bits per heavy atom. The van der Waals surface area contributed by atoms with Gasteiger partial charge < -0.3 is 5.11 Å². The van der Waals surface area contributed by atoms with Crippen molar-refractivity contribution in [2.45, 2.75) is 57.9 Å². The monoisotopic (exact) mass is 374 g/mol. The molecule has 0 atom stereocenters. The third-order valence-corrected chi connectivity index (χ3v) is 7.05. The van der Waals surface area contributed by atoms with Gasteiger partial charge >= 0.3 is 0 Å². The van der Waals surface area contributed by atoms with E-state index in [0.717, 1.165) is 11.1 Å². The molecule has 1 aromatic carbocycles. The molecule has 6 nitrogen and oxygen atoms in total. The average Bonchev–Trinajstić information content (AvgIpc) is 2.93. The number of fused-ring (bicyclic) bond motifs is 1. The van der Waals surface area contributed by atoms with Gasteiger partial charge in [0.15, 0.2) is 0 Å². The third-order valence-electron chi connectivity index (χ3n) is 5.11. The van der Waals surface area contributed by atoms with Crippen molar-refractivity contribution in [1.29, 1.82) is 0 Å². The van der Waals surface area contributed by atoms with Gasteiger partial charge in [0.2, 0.25) is 15.7 Å². The lowest BCUT2D eigenvalue weighted by atomic mass is 9.76. The number of aromatic nitrogens is 2. The Bertz CT molecular complexity index is 1070. The molecule has 1 aliphatic heterocycles. The van der Waals surface area contributed by atoms with Crippen LogP contribution in [0.4, 0.5) is 0 Å². The van der Waals surface area contributed by atoms with Crippen molar-refractivity contribution in [3.8, 4) is 17.0 Å². The van der Waals surface area contributed by atoms with Gasteiger partial charge in [-0.05, 0) is 54.5 Å². The number of hydrogen-bond acceptors (Lipinski definition) is 5. The van der Waals surface area contributed by atoms with Crippen LogP contribution in [-0.2, 0) is 26.6 Å². The third kappa shape index (κ3) is 2.42. The number of aromatic hydroxyl groups is 1. The Balaban J connectivity index is 2.42. The SMILES string of the molecule is CCn1ncc(-c2cc(C)c3c(c2C)C(C)(C)CC(=C=O)S3(=O)=O)c1O. The molecule has 1 aliphatic rings. The molecule has 7 heteroatoms. The van der Waals surface area contributed by atoms with E-state index in [0.29, 0.717) is 23.2 Å². The van der Waals surface area contributed by atoms with Crippen molar-refractivity contribution in [2.24, 2.45) is 0 Å². The highest BCUT2D eigenvalue weighted by Crippen LogP contribution is 2.48. The summed E-state index contributed by atoms with van der Waals surface area (Å²) in [6.07, 6.45) is 1.70. The van der Waals surface area contributed by atoms with Crippen molar-refractivity contribution in [3.63, 3.8) is 0 Å². The van der Waals surface area contributed by atoms with Crippen molar-refractivity contribution in [3.05, 3.63) is 33.9 Å². The summed E-state index contributed by atoms with van der Waals surface area (Å²) in [5.41, 5.74) is 2.78. The summed E-state index contributed by atoms with van der Waals surface area (Å²) in [7, 11) is -3.86. The molecule has 138 valence electrons. The summed E-state index contributed by atoms with van der Waals surface area (Å²) < 4.78 is 27.3. The lowest BCUT2D eigenvalue weighted by Crippen LogP contribution is -2.31. The predicted octanol–water partition coefficient (Wildman–Crippen LogP) is 3.06. The zero-order chi connectivity index (χ0) is 19.4. The molecule has 0 aliphatic carbocycles. The normalized spacial score (nSPS) is 17.7. The molecule has 0 spiro atoms. The topological polar surface area (TPSA) is 89.3 Å². The molecule has 2 heterocycles. The van der Waals surface area contributed by atoms with E-state index < -0.39 is 15.3 Å². The molecule has 0 saturated carbocycles. The largest absolute Gasteiger partial charge is 0.493 e. The number of sulfone groups is 1. The van der Waals surface area contributed by atoms with Crippen LogP contribution >= 0.6 is 0 Å². The Labute approximate surface area is 153 Å². The van der Waals surface area contributed by atoms with Crippen molar-refractivity contribution in [2.75, 3.05) is 0 Å². The zero-order valence-electron chi connectivity index (χ0n) is 15.5. The molecule has 0 radical (unpaired) electrons. The van der Waals surface area contributed by atoms with E-state index in [9.17, 15) is 18.3 Å². The fraction of sp³-hybridized carbons (Fsp3) is 0.421. The lowest BCUT2D eigenvalue weighted by Gasteiger charge is -2.35. The maximum Gasteiger partial charge on any atom is 0.217 e. The number of hydrogen-bond donors (Lipinski definition) is 1. The van der Waals surface area contributed by atoms with E-state index >= 15 is 0 Å². The maximum absolute atomic E-state index is 12.9. The number of benzene rings is 1. The Morgan fingerprint density at radius 1 is 1.31 bits per heavy atom. The van der Waals surface area contributed by atoms with E-state index in [1.165, 1.54) is 4.68 Å². The second-order valence-corrected chi connectivity index (χ2v) is 9.27. The van der Waals surface area contributed by atoms with Gasteiger partial charge in [0.1, 0.15) is 10.8 Å².